The summed E-state index contributed by atoms with van der Waals surface area (Å²) in [5.74, 6) is 6.99. The number of nitrogens with one attached hydrogen (secondary N) is 1. The topological polar surface area (TPSA) is 54.2 Å². The molecule has 3 N–H and O–H groups in total. The third-order valence-electron chi connectivity index (χ3n) is 3.83. The number of hydrogen-bond acceptors (Lipinski definition) is 4. The predicted octanol–water partition coefficient (Wildman–Crippen LogP) is 2.38. The van der Waals surface area contributed by atoms with Crippen molar-refractivity contribution in [1.29, 1.82) is 0 Å². The van der Waals surface area contributed by atoms with Crippen molar-refractivity contribution in [2.24, 2.45) is 11.8 Å². The maximum Gasteiger partial charge on any atom is 0.141 e. The van der Waals surface area contributed by atoms with Crippen molar-refractivity contribution in [1.82, 2.24) is 4.98 Å². The zero-order valence-electron chi connectivity index (χ0n) is 10.7. The first kappa shape index (κ1) is 12.2. The summed E-state index contributed by atoms with van der Waals surface area (Å²) in [5.41, 5.74) is 3.78. The molecule has 17 heavy (non-hydrogen) atoms. The Morgan fingerprint density at radius 1 is 1.35 bits per heavy atom. The van der Waals surface area contributed by atoms with Gasteiger partial charge in [-0.05, 0) is 37.7 Å². The molecule has 1 saturated carbocycles. The van der Waals surface area contributed by atoms with E-state index < -0.39 is 0 Å². The summed E-state index contributed by atoms with van der Waals surface area (Å²) >= 11 is 0. The van der Waals surface area contributed by atoms with Crippen LogP contribution in [0.2, 0.25) is 0 Å². The Labute approximate surface area is 103 Å². The van der Waals surface area contributed by atoms with Crippen LogP contribution in [0.15, 0.2) is 18.3 Å². The van der Waals surface area contributed by atoms with E-state index in [0.29, 0.717) is 6.04 Å². The van der Waals surface area contributed by atoms with Crippen LogP contribution in [0.4, 0.5) is 11.5 Å². The van der Waals surface area contributed by atoms with E-state index in [1.54, 1.807) is 6.20 Å². The number of anilines is 2. The first-order valence-electron chi connectivity index (χ1n) is 6.36. The summed E-state index contributed by atoms with van der Waals surface area (Å²) in [6.45, 7) is 2.35. The fourth-order valence-electron chi connectivity index (χ4n) is 2.56. The number of nitrogens with zero attached hydrogens (tertiary/aromatic N) is 2. The number of hydrogen-bond donors (Lipinski definition) is 2. The molecule has 0 radical (unpaired) electrons. The second-order valence-electron chi connectivity index (χ2n) is 5.07. The molecular weight excluding hydrogens is 212 g/mol. The van der Waals surface area contributed by atoms with Crippen molar-refractivity contribution >= 4 is 11.5 Å². The Hall–Kier alpha value is -1.29. The number of pyridine rings is 1. The molecule has 1 aliphatic rings. The van der Waals surface area contributed by atoms with Gasteiger partial charge >= 0.3 is 0 Å². The number of aromatic nitrogens is 1. The van der Waals surface area contributed by atoms with E-state index in [0.717, 1.165) is 11.7 Å². The van der Waals surface area contributed by atoms with Gasteiger partial charge in [0.2, 0.25) is 0 Å². The van der Waals surface area contributed by atoms with E-state index >= 15 is 0 Å². The standard InChI is InChI=1S/C13H22N4/c1-10-3-5-11(6-4-10)17(2)12-7-8-15-13(9-12)16-14/h7-11H,3-6,14H2,1-2H3,(H,15,16). The molecule has 2 rings (SSSR count). The van der Waals surface area contributed by atoms with Crippen LogP contribution >= 0.6 is 0 Å². The lowest BCUT2D eigenvalue weighted by atomic mass is 9.86. The second kappa shape index (κ2) is 5.36. The number of rotatable bonds is 3. The highest BCUT2D eigenvalue weighted by molar-refractivity contribution is 5.53. The summed E-state index contributed by atoms with van der Waals surface area (Å²) in [6, 6.07) is 4.69. The van der Waals surface area contributed by atoms with Gasteiger partial charge in [-0.1, -0.05) is 6.92 Å². The predicted molar refractivity (Wildman–Crippen MR) is 71.9 cm³/mol. The Balaban J connectivity index is 2.05. The van der Waals surface area contributed by atoms with Gasteiger partial charge < -0.3 is 10.3 Å². The molecule has 0 unspecified atom stereocenters. The molecule has 0 saturated heterocycles. The molecule has 0 spiro atoms. The highest BCUT2D eigenvalue weighted by Crippen LogP contribution is 2.29. The van der Waals surface area contributed by atoms with Gasteiger partial charge in [0, 0.05) is 31.0 Å². The molecule has 0 aromatic carbocycles. The zero-order chi connectivity index (χ0) is 12.3. The van der Waals surface area contributed by atoms with E-state index in [2.05, 4.69) is 29.3 Å². The van der Waals surface area contributed by atoms with Gasteiger partial charge in [-0.15, -0.1) is 0 Å². The van der Waals surface area contributed by atoms with Crippen molar-refractivity contribution in [3.05, 3.63) is 18.3 Å². The van der Waals surface area contributed by atoms with Gasteiger partial charge in [0.05, 0.1) is 0 Å². The Kier molecular flexibility index (Phi) is 3.84. The smallest absolute Gasteiger partial charge is 0.141 e. The molecule has 94 valence electrons. The zero-order valence-corrected chi connectivity index (χ0v) is 10.7. The monoisotopic (exact) mass is 234 g/mol. The molecule has 1 heterocycles. The van der Waals surface area contributed by atoms with Gasteiger partial charge in [-0.25, -0.2) is 10.8 Å². The summed E-state index contributed by atoms with van der Waals surface area (Å²) < 4.78 is 0. The van der Waals surface area contributed by atoms with E-state index in [1.807, 2.05) is 12.1 Å². The quantitative estimate of drug-likeness (QED) is 0.623. The Morgan fingerprint density at radius 3 is 2.71 bits per heavy atom. The molecule has 0 aliphatic heterocycles. The Morgan fingerprint density at radius 2 is 2.06 bits per heavy atom. The molecule has 0 atom stereocenters. The van der Waals surface area contributed by atoms with Crippen LogP contribution in [-0.2, 0) is 0 Å². The summed E-state index contributed by atoms with van der Waals surface area (Å²) in [7, 11) is 2.16. The second-order valence-corrected chi connectivity index (χ2v) is 5.07. The van der Waals surface area contributed by atoms with Crippen LogP contribution in [-0.4, -0.2) is 18.1 Å². The highest BCUT2D eigenvalue weighted by Gasteiger charge is 2.21. The highest BCUT2D eigenvalue weighted by atomic mass is 15.3. The summed E-state index contributed by atoms with van der Waals surface area (Å²) in [5, 5.41) is 0. The fourth-order valence-corrected chi connectivity index (χ4v) is 2.56. The molecule has 1 aromatic rings. The van der Waals surface area contributed by atoms with Crippen molar-refractivity contribution in [2.75, 3.05) is 17.4 Å². The minimum absolute atomic E-state index is 0.652. The average Bonchev–Trinajstić information content (AvgIpc) is 2.39. The van der Waals surface area contributed by atoms with E-state index in [1.165, 1.54) is 31.4 Å². The Bertz CT molecular complexity index is 358. The SMILES string of the molecule is CC1CCC(N(C)c2ccnc(NN)c2)CC1. The molecule has 1 aromatic heterocycles. The largest absolute Gasteiger partial charge is 0.371 e. The van der Waals surface area contributed by atoms with Gasteiger partial charge in [-0.3, -0.25) is 0 Å². The molecular formula is C13H22N4. The number of hydrazine groups is 1. The average molecular weight is 234 g/mol. The minimum atomic E-state index is 0.652. The van der Waals surface area contributed by atoms with Gasteiger partial charge in [0.1, 0.15) is 5.82 Å². The van der Waals surface area contributed by atoms with Gasteiger partial charge in [0.25, 0.3) is 0 Å². The molecule has 4 heteroatoms. The van der Waals surface area contributed by atoms with Gasteiger partial charge in [0.15, 0.2) is 0 Å². The van der Waals surface area contributed by atoms with Crippen molar-refractivity contribution in [3.63, 3.8) is 0 Å². The van der Waals surface area contributed by atoms with Crippen LogP contribution in [0.1, 0.15) is 32.6 Å². The van der Waals surface area contributed by atoms with Crippen molar-refractivity contribution in [2.45, 2.75) is 38.6 Å². The number of nitrogen functional groups attached to an aromatic ring is 1. The molecule has 1 aliphatic carbocycles. The molecule has 1 fully saturated rings. The van der Waals surface area contributed by atoms with E-state index in [4.69, 9.17) is 5.84 Å². The lowest BCUT2D eigenvalue weighted by molar-refractivity contribution is 0.341. The van der Waals surface area contributed by atoms with Crippen LogP contribution in [0.3, 0.4) is 0 Å². The van der Waals surface area contributed by atoms with E-state index in [-0.39, 0.29) is 0 Å². The maximum atomic E-state index is 5.38. The third-order valence-corrected chi connectivity index (χ3v) is 3.83. The van der Waals surface area contributed by atoms with E-state index in [9.17, 15) is 0 Å². The van der Waals surface area contributed by atoms with Crippen LogP contribution in [0, 0.1) is 5.92 Å². The van der Waals surface area contributed by atoms with Crippen LogP contribution < -0.4 is 16.2 Å². The maximum absolute atomic E-state index is 5.38. The fraction of sp³-hybridized carbons (Fsp3) is 0.615. The normalized spacial score (nSPS) is 24.4. The van der Waals surface area contributed by atoms with Crippen LogP contribution in [0.5, 0.6) is 0 Å². The molecule has 0 bridgehead atoms. The van der Waals surface area contributed by atoms with Crippen molar-refractivity contribution < 1.29 is 0 Å². The van der Waals surface area contributed by atoms with Gasteiger partial charge in [-0.2, -0.15) is 0 Å². The summed E-state index contributed by atoms with van der Waals surface area (Å²) in [4.78, 5) is 6.49. The lowest BCUT2D eigenvalue weighted by Gasteiger charge is -2.35. The van der Waals surface area contributed by atoms with Crippen LogP contribution in [0.25, 0.3) is 0 Å². The van der Waals surface area contributed by atoms with Crippen molar-refractivity contribution in [3.8, 4) is 0 Å². The lowest BCUT2D eigenvalue weighted by Crippen LogP contribution is -2.34. The molecule has 0 amide bonds. The first-order chi connectivity index (χ1) is 8.20. The minimum Gasteiger partial charge on any atom is -0.371 e. The third kappa shape index (κ3) is 2.88. The molecule has 4 nitrogen and oxygen atoms in total. The summed E-state index contributed by atoms with van der Waals surface area (Å²) in [6.07, 6.45) is 7.04. The number of nitrogens with two attached hydrogens (primary N) is 1. The first-order valence-corrected chi connectivity index (χ1v) is 6.36.